The molecule has 0 spiro atoms. The van der Waals surface area contributed by atoms with Crippen LogP contribution in [0, 0.1) is 5.92 Å². The molecule has 2 rings (SSSR count). The first kappa shape index (κ1) is 16.3. The Balaban J connectivity index is 1.95. The van der Waals surface area contributed by atoms with Crippen LogP contribution in [0.1, 0.15) is 51.2 Å². The van der Waals surface area contributed by atoms with E-state index in [0.717, 1.165) is 30.4 Å². The van der Waals surface area contributed by atoms with E-state index in [0.29, 0.717) is 6.04 Å². The van der Waals surface area contributed by atoms with E-state index in [2.05, 4.69) is 31.3 Å². The number of nitrogens with one attached hydrogen (secondary N) is 1. The van der Waals surface area contributed by atoms with E-state index in [1.165, 1.54) is 25.7 Å². The van der Waals surface area contributed by atoms with Gasteiger partial charge in [0.2, 0.25) is 0 Å². The third-order valence-corrected chi connectivity index (χ3v) is 4.27. The molecule has 1 atom stereocenters. The summed E-state index contributed by atoms with van der Waals surface area (Å²) in [4.78, 5) is 0. The van der Waals surface area contributed by atoms with Gasteiger partial charge < -0.3 is 14.8 Å². The zero-order valence-electron chi connectivity index (χ0n) is 13.6. The third-order valence-electron chi connectivity index (χ3n) is 4.27. The van der Waals surface area contributed by atoms with E-state index in [4.69, 9.17) is 9.47 Å². The highest BCUT2D eigenvalue weighted by Crippen LogP contribution is 2.31. The minimum Gasteiger partial charge on any atom is -0.496 e. The Bertz CT molecular complexity index is 415. The zero-order chi connectivity index (χ0) is 15.1. The summed E-state index contributed by atoms with van der Waals surface area (Å²) in [6, 6.07) is 8.62. The van der Waals surface area contributed by atoms with Gasteiger partial charge in [0.1, 0.15) is 5.75 Å². The van der Waals surface area contributed by atoms with Crippen LogP contribution >= 0.6 is 0 Å². The number of rotatable bonds is 9. The Kier molecular flexibility index (Phi) is 6.52. The van der Waals surface area contributed by atoms with Crippen molar-refractivity contribution in [1.82, 2.24) is 5.32 Å². The second-order valence-electron chi connectivity index (χ2n) is 6.25. The summed E-state index contributed by atoms with van der Waals surface area (Å²) in [5, 5.41) is 3.48. The van der Waals surface area contributed by atoms with E-state index in [-0.39, 0.29) is 6.10 Å². The van der Waals surface area contributed by atoms with Gasteiger partial charge >= 0.3 is 0 Å². The maximum absolute atomic E-state index is 6.18. The van der Waals surface area contributed by atoms with Crippen LogP contribution in [0.4, 0.5) is 0 Å². The molecular weight excluding hydrogens is 262 g/mol. The van der Waals surface area contributed by atoms with Gasteiger partial charge in [-0.1, -0.05) is 51.3 Å². The SMILES string of the molecule is COc1ccccc1C(CNC(C)C)OCCC1CCC1. The molecule has 3 nitrogen and oxygen atoms in total. The van der Waals surface area contributed by atoms with Crippen molar-refractivity contribution in [3.05, 3.63) is 29.8 Å². The lowest BCUT2D eigenvalue weighted by atomic mass is 9.83. The fourth-order valence-corrected chi connectivity index (χ4v) is 2.69. The summed E-state index contributed by atoms with van der Waals surface area (Å²) in [7, 11) is 1.72. The Labute approximate surface area is 129 Å². The Morgan fingerprint density at radius 1 is 1.24 bits per heavy atom. The molecule has 0 amide bonds. The average Bonchev–Trinajstić information content (AvgIpc) is 2.44. The fraction of sp³-hybridized carbons (Fsp3) is 0.667. The Morgan fingerprint density at radius 2 is 2.00 bits per heavy atom. The number of ether oxygens (including phenoxy) is 2. The van der Waals surface area contributed by atoms with Crippen LogP contribution < -0.4 is 10.1 Å². The standard InChI is InChI=1S/C18H29NO2/c1-14(2)19-13-18(21-12-11-15-7-6-8-15)16-9-4-5-10-17(16)20-3/h4-5,9-10,14-15,18-19H,6-8,11-13H2,1-3H3. The lowest BCUT2D eigenvalue weighted by Gasteiger charge is -2.27. The van der Waals surface area contributed by atoms with E-state index in [1.807, 2.05) is 12.1 Å². The van der Waals surface area contributed by atoms with Crippen molar-refractivity contribution < 1.29 is 9.47 Å². The first-order chi connectivity index (χ1) is 10.2. The largest absolute Gasteiger partial charge is 0.496 e. The summed E-state index contributed by atoms with van der Waals surface area (Å²) < 4.78 is 11.7. The van der Waals surface area contributed by atoms with Crippen molar-refractivity contribution in [2.45, 2.75) is 51.7 Å². The van der Waals surface area contributed by atoms with Gasteiger partial charge in [-0.3, -0.25) is 0 Å². The molecule has 1 fully saturated rings. The molecule has 118 valence electrons. The molecule has 0 aliphatic heterocycles. The van der Waals surface area contributed by atoms with Crippen molar-refractivity contribution in [1.29, 1.82) is 0 Å². The van der Waals surface area contributed by atoms with Gasteiger partial charge in [0.15, 0.2) is 0 Å². The van der Waals surface area contributed by atoms with Gasteiger partial charge in [0.05, 0.1) is 13.2 Å². The van der Waals surface area contributed by atoms with E-state index < -0.39 is 0 Å². The minimum absolute atomic E-state index is 0.0589. The van der Waals surface area contributed by atoms with E-state index >= 15 is 0 Å². The van der Waals surface area contributed by atoms with Crippen LogP contribution in [0.25, 0.3) is 0 Å². The van der Waals surface area contributed by atoms with Gasteiger partial charge in [0.25, 0.3) is 0 Å². The summed E-state index contributed by atoms with van der Waals surface area (Å²) in [5.41, 5.74) is 1.14. The van der Waals surface area contributed by atoms with Crippen molar-refractivity contribution in [2.24, 2.45) is 5.92 Å². The van der Waals surface area contributed by atoms with Crippen LogP contribution in [-0.4, -0.2) is 26.3 Å². The molecule has 0 saturated heterocycles. The molecule has 0 aromatic heterocycles. The number of hydrogen-bond donors (Lipinski definition) is 1. The molecular formula is C18H29NO2. The minimum atomic E-state index is 0.0589. The number of para-hydroxylation sites is 1. The third kappa shape index (κ3) is 5.01. The maximum Gasteiger partial charge on any atom is 0.124 e. The number of hydrogen-bond acceptors (Lipinski definition) is 3. The molecule has 21 heavy (non-hydrogen) atoms. The molecule has 1 aliphatic rings. The van der Waals surface area contributed by atoms with Crippen molar-refractivity contribution >= 4 is 0 Å². The molecule has 0 heterocycles. The van der Waals surface area contributed by atoms with Gasteiger partial charge in [-0.2, -0.15) is 0 Å². The zero-order valence-corrected chi connectivity index (χ0v) is 13.6. The predicted octanol–water partition coefficient (Wildman–Crippen LogP) is 3.94. The molecule has 0 radical (unpaired) electrons. The molecule has 3 heteroatoms. The van der Waals surface area contributed by atoms with Crippen molar-refractivity contribution in [3.8, 4) is 5.75 Å². The summed E-state index contributed by atoms with van der Waals surface area (Å²) >= 11 is 0. The van der Waals surface area contributed by atoms with Gasteiger partial charge in [0, 0.05) is 24.8 Å². The molecule has 0 bridgehead atoms. The van der Waals surface area contributed by atoms with Gasteiger partial charge in [-0.05, 0) is 18.4 Å². The Morgan fingerprint density at radius 3 is 2.62 bits per heavy atom. The van der Waals surface area contributed by atoms with Crippen LogP contribution in [0.3, 0.4) is 0 Å². The van der Waals surface area contributed by atoms with Gasteiger partial charge in [-0.25, -0.2) is 0 Å². The van der Waals surface area contributed by atoms with Crippen LogP contribution in [0.5, 0.6) is 5.75 Å². The second kappa shape index (κ2) is 8.40. The normalized spacial score (nSPS) is 16.8. The highest BCUT2D eigenvalue weighted by molar-refractivity contribution is 5.35. The molecule has 1 aromatic carbocycles. The maximum atomic E-state index is 6.18. The molecule has 1 saturated carbocycles. The number of methoxy groups -OCH3 is 1. The van der Waals surface area contributed by atoms with Crippen LogP contribution in [0.2, 0.25) is 0 Å². The smallest absolute Gasteiger partial charge is 0.124 e. The highest BCUT2D eigenvalue weighted by Gasteiger charge is 2.20. The van der Waals surface area contributed by atoms with E-state index in [9.17, 15) is 0 Å². The summed E-state index contributed by atoms with van der Waals surface area (Å²) in [6.07, 6.45) is 5.41. The second-order valence-corrected chi connectivity index (χ2v) is 6.25. The van der Waals surface area contributed by atoms with Crippen molar-refractivity contribution in [3.63, 3.8) is 0 Å². The number of benzene rings is 1. The quantitative estimate of drug-likeness (QED) is 0.747. The lowest BCUT2D eigenvalue weighted by molar-refractivity contribution is 0.0347. The molecule has 1 aromatic rings. The lowest BCUT2D eigenvalue weighted by Crippen LogP contribution is -2.30. The van der Waals surface area contributed by atoms with Crippen LogP contribution in [-0.2, 0) is 4.74 Å². The predicted molar refractivity (Wildman–Crippen MR) is 86.8 cm³/mol. The summed E-state index contributed by atoms with van der Waals surface area (Å²) in [5.74, 6) is 1.80. The molecule has 1 aliphatic carbocycles. The molecule has 1 N–H and O–H groups in total. The first-order valence-electron chi connectivity index (χ1n) is 8.18. The van der Waals surface area contributed by atoms with E-state index in [1.54, 1.807) is 7.11 Å². The summed E-state index contributed by atoms with van der Waals surface area (Å²) in [6.45, 7) is 5.98. The highest BCUT2D eigenvalue weighted by atomic mass is 16.5. The first-order valence-corrected chi connectivity index (χ1v) is 8.18. The topological polar surface area (TPSA) is 30.5 Å². The monoisotopic (exact) mass is 291 g/mol. The van der Waals surface area contributed by atoms with Crippen molar-refractivity contribution in [2.75, 3.05) is 20.3 Å². The van der Waals surface area contributed by atoms with Gasteiger partial charge in [-0.15, -0.1) is 0 Å². The average molecular weight is 291 g/mol. The Hall–Kier alpha value is -1.06. The molecule has 1 unspecified atom stereocenters. The van der Waals surface area contributed by atoms with Crippen LogP contribution in [0.15, 0.2) is 24.3 Å². The fourth-order valence-electron chi connectivity index (χ4n) is 2.69.